The number of aromatic nitrogens is 1. The lowest BCUT2D eigenvalue weighted by atomic mass is 9.95. The molecule has 1 heterocycles. The molecule has 0 spiro atoms. The van der Waals surface area contributed by atoms with Crippen molar-refractivity contribution in [2.45, 2.75) is 33.1 Å². The van der Waals surface area contributed by atoms with Crippen LogP contribution in [0.3, 0.4) is 0 Å². The van der Waals surface area contributed by atoms with E-state index in [-0.39, 0.29) is 0 Å². The zero-order chi connectivity index (χ0) is 23.2. The molecule has 4 aromatic rings. The highest BCUT2D eigenvalue weighted by atomic mass is 16.5. The highest BCUT2D eigenvalue weighted by Crippen LogP contribution is 2.34. The molecule has 1 unspecified atom stereocenters. The Morgan fingerprint density at radius 1 is 0.970 bits per heavy atom. The van der Waals surface area contributed by atoms with Gasteiger partial charge in [-0.3, -0.25) is 9.78 Å². The lowest BCUT2D eigenvalue weighted by Gasteiger charge is -2.15. The van der Waals surface area contributed by atoms with E-state index >= 15 is 0 Å². The van der Waals surface area contributed by atoms with Gasteiger partial charge in [0.1, 0.15) is 5.75 Å². The summed E-state index contributed by atoms with van der Waals surface area (Å²) in [5.41, 5.74) is 5.25. The second kappa shape index (κ2) is 10.3. The summed E-state index contributed by atoms with van der Waals surface area (Å²) in [6.07, 6.45) is 4.10. The highest BCUT2D eigenvalue weighted by Gasteiger charge is 2.15. The second-order valence-electron chi connectivity index (χ2n) is 8.45. The summed E-state index contributed by atoms with van der Waals surface area (Å²) >= 11 is 0. The summed E-state index contributed by atoms with van der Waals surface area (Å²) in [6.45, 7) is 4.37. The van der Waals surface area contributed by atoms with Crippen molar-refractivity contribution in [3.63, 3.8) is 0 Å². The molecule has 4 nitrogen and oxygen atoms in total. The van der Waals surface area contributed by atoms with Gasteiger partial charge >= 0.3 is 5.97 Å². The molecule has 0 aliphatic rings. The Morgan fingerprint density at radius 3 is 2.48 bits per heavy atom. The molecule has 0 amide bonds. The van der Waals surface area contributed by atoms with Crippen molar-refractivity contribution < 1.29 is 14.6 Å². The van der Waals surface area contributed by atoms with Crippen LogP contribution in [-0.4, -0.2) is 22.7 Å². The SMILES string of the molecule is CCc1ccc(CCOc2ccc(CC(C)C(=O)O)cc2-c2ccc3ccccc3c2)nc1. The van der Waals surface area contributed by atoms with Crippen molar-refractivity contribution in [2.24, 2.45) is 5.92 Å². The predicted molar refractivity (Wildman–Crippen MR) is 133 cm³/mol. The molecular formula is C29H29NO3. The van der Waals surface area contributed by atoms with E-state index in [9.17, 15) is 9.90 Å². The zero-order valence-electron chi connectivity index (χ0n) is 19.1. The lowest BCUT2D eigenvalue weighted by molar-refractivity contribution is -0.141. The third kappa shape index (κ3) is 5.58. The van der Waals surface area contributed by atoms with Crippen LogP contribution in [0, 0.1) is 5.92 Å². The minimum atomic E-state index is -0.788. The number of rotatable bonds is 9. The number of hydrogen-bond donors (Lipinski definition) is 1. The number of aliphatic carboxylic acids is 1. The summed E-state index contributed by atoms with van der Waals surface area (Å²) in [5, 5.41) is 11.7. The Kier molecular flexibility index (Phi) is 7.04. The second-order valence-corrected chi connectivity index (χ2v) is 8.45. The Balaban J connectivity index is 1.60. The average molecular weight is 440 g/mol. The number of hydrogen-bond acceptors (Lipinski definition) is 3. The van der Waals surface area contributed by atoms with Crippen molar-refractivity contribution in [1.29, 1.82) is 0 Å². The van der Waals surface area contributed by atoms with Gasteiger partial charge in [-0.05, 0) is 64.6 Å². The first-order chi connectivity index (χ1) is 16.0. The van der Waals surface area contributed by atoms with Crippen LogP contribution in [-0.2, 0) is 24.1 Å². The molecular weight excluding hydrogens is 410 g/mol. The monoisotopic (exact) mass is 439 g/mol. The van der Waals surface area contributed by atoms with Gasteiger partial charge in [-0.2, -0.15) is 0 Å². The van der Waals surface area contributed by atoms with Crippen molar-refractivity contribution >= 4 is 16.7 Å². The van der Waals surface area contributed by atoms with Gasteiger partial charge in [-0.25, -0.2) is 0 Å². The smallest absolute Gasteiger partial charge is 0.306 e. The van der Waals surface area contributed by atoms with Crippen LogP contribution >= 0.6 is 0 Å². The van der Waals surface area contributed by atoms with E-state index in [1.54, 1.807) is 6.92 Å². The number of carboxylic acid groups (broad SMARTS) is 1. The van der Waals surface area contributed by atoms with Crippen molar-refractivity contribution in [3.05, 3.63) is 95.8 Å². The zero-order valence-corrected chi connectivity index (χ0v) is 19.1. The van der Waals surface area contributed by atoms with Crippen LogP contribution in [0.15, 0.2) is 79.0 Å². The number of carboxylic acids is 1. The molecule has 1 N–H and O–H groups in total. The fourth-order valence-corrected chi connectivity index (χ4v) is 3.93. The maximum Gasteiger partial charge on any atom is 0.306 e. The van der Waals surface area contributed by atoms with Crippen LogP contribution in [0.2, 0.25) is 0 Å². The van der Waals surface area contributed by atoms with Gasteiger partial charge < -0.3 is 9.84 Å². The number of carbonyl (C=O) groups is 1. The fourth-order valence-electron chi connectivity index (χ4n) is 3.93. The van der Waals surface area contributed by atoms with Gasteiger partial charge in [0, 0.05) is 23.9 Å². The van der Waals surface area contributed by atoms with Crippen LogP contribution in [0.25, 0.3) is 21.9 Å². The van der Waals surface area contributed by atoms with E-state index < -0.39 is 11.9 Å². The maximum absolute atomic E-state index is 11.4. The largest absolute Gasteiger partial charge is 0.493 e. The summed E-state index contributed by atoms with van der Waals surface area (Å²) in [6, 6.07) is 24.8. The van der Waals surface area contributed by atoms with Gasteiger partial charge in [0.05, 0.1) is 12.5 Å². The number of benzene rings is 3. The first kappa shape index (κ1) is 22.5. The topological polar surface area (TPSA) is 59.4 Å². The van der Waals surface area contributed by atoms with E-state index in [1.165, 1.54) is 10.9 Å². The molecule has 0 bridgehead atoms. The fraction of sp³-hybridized carbons (Fsp3) is 0.241. The molecule has 0 fully saturated rings. The van der Waals surface area contributed by atoms with Crippen molar-refractivity contribution in [1.82, 2.24) is 4.98 Å². The number of nitrogens with zero attached hydrogens (tertiary/aromatic N) is 1. The number of aryl methyl sites for hydroxylation is 1. The molecule has 1 atom stereocenters. The van der Waals surface area contributed by atoms with Gasteiger partial charge in [-0.1, -0.05) is 62.4 Å². The van der Waals surface area contributed by atoms with E-state index in [0.717, 1.165) is 46.4 Å². The number of fused-ring (bicyclic) bond motifs is 1. The Morgan fingerprint density at radius 2 is 1.76 bits per heavy atom. The quantitative estimate of drug-likeness (QED) is 0.330. The van der Waals surface area contributed by atoms with E-state index in [4.69, 9.17) is 4.74 Å². The molecule has 0 aliphatic carbocycles. The van der Waals surface area contributed by atoms with Gasteiger partial charge in [0.2, 0.25) is 0 Å². The molecule has 168 valence electrons. The minimum Gasteiger partial charge on any atom is -0.493 e. The highest BCUT2D eigenvalue weighted by molar-refractivity contribution is 5.88. The van der Waals surface area contributed by atoms with E-state index in [1.807, 2.05) is 30.5 Å². The normalized spacial score (nSPS) is 11.9. The van der Waals surface area contributed by atoms with E-state index in [0.29, 0.717) is 13.0 Å². The lowest BCUT2D eigenvalue weighted by Crippen LogP contribution is -2.12. The van der Waals surface area contributed by atoms with Crippen LogP contribution in [0.5, 0.6) is 5.75 Å². The third-order valence-electron chi connectivity index (χ3n) is 5.98. The Labute approximate surface area is 194 Å². The molecule has 0 saturated carbocycles. The summed E-state index contributed by atoms with van der Waals surface area (Å²) in [7, 11) is 0. The Hall–Kier alpha value is -3.66. The molecule has 3 aromatic carbocycles. The molecule has 33 heavy (non-hydrogen) atoms. The summed E-state index contributed by atoms with van der Waals surface area (Å²) < 4.78 is 6.22. The van der Waals surface area contributed by atoms with Crippen molar-refractivity contribution in [2.75, 3.05) is 6.61 Å². The molecule has 1 aromatic heterocycles. The van der Waals surface area contributed by atoms with Crippen LogP contribution < -0.4 is 4.74 Å². The predicted octanol–water partition coefficient (Wildman–Crippen LogP) is 6.35. The first-order valence-corrected chi connectivity index (χ1v) is 11.4. The first-order valence-electron chi connectivity index (χ1n) is 11.4. The van der Waals surface area contributed by atoms with Gasteiger partial charge in [0.15, 0.2) is 0 Å². The molecule has 0 saturated heterocycles. The molecule has 0 aliphatic heterocycles. The molecule has 0 radical (unpaired) electrons. The standard InChI is InChI=1S/C29H29NO3/c1-3-21-8-12-26(30-19-21)14-15-33-28-13-9-22(16-20(2)29(31)32)17-27(28)25-11-10-23-6-4-5-7-24(23)18-25/h4-13,17-20H,3,14-16H2,1-2H3,(H,31,32). The molecule has 4 rings (SSSR count). The third-order valence-corrected chi connectivity index (χ3v) is 5.98. The van der Waals surface area contributed by atoms with E-state index in [2.05, 4.69) is 60.4 Å². The maximum atomic E-state index is 11.4. The minimum absolute atomic E-state index is 0.446. The summed E-state index contributed by atoms with van der Waals surface area (Å²) in [4.78, 5) is 15.9. The summed E-state index contributed by atoms with van der Waals surface area (Å²) in [5.74, 6) is -0.440. The number of pyridine rings is 1. The van der Waals surface area contributed by atoms with Gasteiger partial charge in [0.25, 0.3) is 0 Å². The van der Waals surface area contributed by atoms with Crippen molar-refractivity contribution in [3.8, 4) is 16.9 Å². The van der Waals surface area contributed by atoms with Crippen LogP contribution in [0.4, 0.5) is 0 Å². The van der Waals surface area contributed by atoms with Crippen LogP contribution in [0.1, 0.15) is 30.7 Å². The number of ether oxygens (including phenoxy) is 1. The average Bonchev–Trinajstić information content (AvgIpc) is 2.84. The molecule has 4 heteroatoms. The van der Waals surface area contributed by atoms with Gasteiger partial charge in [-0.15, -0.1) is 0 Å². The Bertz CT molecular complexity index is 1250.